The highest BCUT2D eigenvalue weighted by molar-refractivity contribution is 5.99. The molecule has 1 aromatic rings. The number of cyclic esters (lactones) is 2. The van der Waals surface area contributed by atoms with Crippen LogP contribution in [0.1, 0.15) is 37.0 Å². The summed E-state index contributed by atoms with van der Waals surface area (Å²) in [6, 6.07) is 6.85. The smallest absolute Gasteiger partial charge is 0.482 e. The van der Waals surface area contributed by atoms with Crippen molar-refractivity contribution in [3.8, 4) is 5.75 Å². The first-order chi connectivity index (χ1) is 17.8. The van der Waals surface area contributed by atoms with Crippen LogP contribution in [0.5, 0.6) is 5.75 Å². The molecule has 0 bridgehead atoms. The minimum absolute atomic E-state index is 0.0362. The predicted molar refractivity (Wildman–Crippen MR) is 131 cm³/mol. The van der Waals surface area contributed by atoms with Crippen molar-refractivity contribution in [1.29, 1.82) is 0 Å². The number of carbonyl (C=O) groups excluding carboxylic acids is 4. The average molecular weight is 518 g/mol. The van der Waals surface area contributed by atoms with Gasteiger partial charge in [-0.25, -0.2) is 9.59 Å². The number of likely N-dealkylation sites (tertiary alicyclic amines) is 1. The van der Waals surface area contributed by atoms with Crippen molar-refractivity contribution in [2.75, 3.05) is 59.0 Å². The van der Waals surface area contributed by atoms with Gasteiger partial charge in [-0.05, 0) is 64.0 Å². The van der Waals surface area contributed by atoms with E-state index in [1.165, 1.54) is 0 Å². The van der Waals surface area contributed by atoms with Crippen molar-refractivity contribution in [3.63, 3.8) is 0 Å². The number of amides is 1. The molecule has 2 atom stereocenters. The van der Waals surface area contributed by atoms with Gasteiger partial charge in [0.1, 0.15) is 11.9 Å². The number of ether oxygens (including phenoxy) is 4. The van der Waals surface area contributed by atoms with Gasteiger partial charge in [0.25, 0.3) is 0 Å². The molecule has 3 saturated heterocycles. The number of piperidine rings is 1. The molecule has 3 aliphatic rings. The first-order valence-electron chi connectivity index (χ1n) is 12.9. The van der Waals surface area contributed by atoms with Gasteiger partial charge in [-0.2, -0.15) is 0 Å². The molecule has 0 aromatic heterocycles. The predicted octanol–water partition coefficient (Wildman–Crippen LogP) is 1.34. The lowest BCUT2D eigenvalue weighted by Crippen LogP contribution is -2.56. The van der Waals surface area contributed by atoms with Gasteiger partial charge in [-0.15, -0.1) is 0 Å². The lowest BCUT2D eigenvalue weighted by atomic mass is 10.0. The number of carbonyl (C=O) groups is 4. The molecule has 0 spiro atoms. The van der Waals surface area contributed by atoms with Crippen LogP contribution in [0.3, 0.4) is 0 Å². The summed E-state index contributed by atoms with van der Waals surface area (Å²) in [4.78, 5) is 54.4. The van der Waals surface area contributed by atoms with Crippen LogP contribution in [-0.2, 0) is 23.8 Å². The van der Waals surface area contributed by atoms with Crippen molar-refractivity contribution >= 4 is 23.8 Å². The molecule has 37 heavy (non-hydrogen) atoms. The van der Waals surface area contributed by atoms with Crippen molar-refractivity contribution in [2.45, 2.75) is 44.9 Å². The van der Waals surface area contributed by atoms with Gasteiger partial charge in [0, 0.05) is 31.2 Å². The van der Waals surface area contributed by atoms with E-state index in [1.807, 2.05) is 6.92 Å². The Balaban J connectivity index is 1.19. The van der Waals surface area contributed by atoms with Gasteiger partial charge < -0.3 is 23.8 Å². The molecule has 3 heterocycles. The number of rotatable bonds is 10. The molecule has 2 unspecified atom stereocenters. The summed E-state index contributed by atoms with van der Waals surface area (Å²) in [5.74, 6) is -0.169. The molecule has 0 aliphatic carbocycles. The fraction of sp³-hybridized carbons (Fsp3) is 0.615. The molecule has 4 rings (SSSR count). The van der Waals surface area contributed by atoms with Crippen molar-refractivity contribution in [2.24, 2.45) is 0 Å². The van der Waals surface area contributed by atoms with E-state index in [1.54, 1.807) is 36.1 Å². The quantitative estimate of drug-likeness (QED) is 0.333. The van der Waals surface area contributed by atoms with Gasteiger partial charge in [-0.1, -0.05) is 0 Å². The Morgan fingerprint density at radius 2 is 1.76 bits per heavy atom. The fourth-order valence-electron chi connectivity index (χ4n) is 4.93. The zero-order chi connectivity index (χ0) is 26.4. The van der Waals surface area contributed by atoms with E-state index in [9.17, 15) is 19.2 Å². The Kier molecular flexibility index (Phi) is 8.99. The lowest BCUT2D eigenvalue weighted by Gasteiger charge is -2.42. The first kappa shape index (κ1) is 26.9. The van der Waals surface area contributed by atoms with Crippen molar-refractivity contribution < 1.29 is 38.1 Å². The number of piperazine rings is 1. The summed E-state index contributed by atoms with van der Waals surface area (Å²) in [6.45, 7) is 7.66. The number of esters is 1. The van der Waals surface area contributed by atoms with Gasteiger partial charge in [0.2, 0.25) is 5.91 Å². The fourth-order valence-corrected chi connectivity index (χ4v) is 4.93. The Hall–Kier alpha value is -3.18. The van der Waals surface area contributed by atoms with Crippen LogP contribution in [0.4, 0.5) is 4.79 Å². The second-order valence-corrected chi connectivity index (χ2v) is 9.59. The highest BCUT2D eigenvalue weighted by atomic mass is 16.8. The second kappa shape index (κ2) is 12.4. The summed E-state index contributed by atoms with van der Waals surface area (Å²) < 4.78 is 20.5. The van der Waals surface area contributed by atoms with Crippen LogP contribution in [0.25, 0.3) is 0 Å². The lowest BCUT2D eigenvalue weighted by molar-refractivity contribution is -0.145. The maximum absolute atomic E-state index is 12.8. The maximum atomic E-state index is 12.8. The zero-order valence-corrected chi connectivity index (χ0v) is 21.4. The molecule has 1 aromatic carbocycles. The number of hydrogen-bond acceptors (Lipinski definition) is 10. The molecular formula is C26H35N3O8. The summed E-state index contributed by atoms with van der Waals surface area (Å²) >= 11 is 0. The molecule has 0 N–H and O–H groups in total. The molecule has 0 radical (unpaired) electrons. The minimum Gasteiger partial charge on any atom is -0.482 e. The Morgan fingerprint density at radius 3 is 2.38 bits per heavy atom. The third kappa shape index (κ3) is 7.20. The van der Waals surface area contributed by atoms with Crippen LogP contribution in [0, 0.1) is 0 Å². The van der Waals surface area contributed by atoms with E-state index in [0.29, 0.717) is 37.0 Å². The van der Waals surface area contributed by atoms with Crippen LogP contribution < -0.4 is 4.74 Å². The van der Waals surface area contributed by atoms with E-state index in [2.05, 4.69) is 9.80 Å². The monoisotopic (exact) mass is 517 g/mol. The topological polar surface area (TPSA) is 115 Å². The van der Waals surface area contributed by atoms with Crippen LogP contribution in [-0.4, -0.2) is 116 Å². The molecule has 3 fully saturated rings. The van der Waals surface area contributed by atoms with E-state index in [4.69, 9.17) is 18.9 Å². The number of nitrogens with zero attached hydrogens (tertiary/aromatic N) is 3. The summed E-state index contributed by atoms with van der Waals surface area (Å²) in [5, 5.41) is 0. The highest BCUT2D eigenvalue weighted by Gasteiger charge is 2.36. The normalized spacial score (nSPS) is 23.5. The zero-order valence-electron chi connectivity index (χ0n) is 21.4. The second-order valence-electron chi connectivity index (χ2n) is 9.59. The molecule has 0 saturated carbocycles. The largest absolute Gasteiger partial charge is 0.509 e. The van der Waals surface area contributed by atoms with Crippen molar-refractivity contribution in [3.05, 3.63) is 29.8 Å². The SMILES string of the molecule is CCOC(=O)COc1ccc(C(=O)CN2CCN(C3CCN(CC4OC(=O)OC4C)CC3)CC2=O)cc1. The highest BCUT2D eigenvalue weighted by Crippen LogP contribution is 2.22. The summed E-state index contributed by atoms with van der Waals surface area (Å²) in [5.41, 5.74) is 0.485. The summed E-state index contributed by atoms with van der Waals surface area (Å²) in [7, 11) is 0. The maximum Gasteiger partial charge on any atom is 0.509 e. The molecular weight excluding hydrogens is 482 g/mol. The molecule has 3 aliphatic heterocycles. The average Bonchev–Trinajstić information content (AvgIpc) is 3.21. The van der Waals surface area contributed by atoms with E-state index in [0.717, 1.165) is 32.5 Å². The number of Topliss-reactive ketones (excluding diaryl/α,β-unsaturated/α-hetero) is 1. The number of hydrogen-bond donors (Lipinski definition) is 0. The third-order valence-corrected chi connectivity index (χ3v) is 7.09. The Morgan fingerprint density at radius 1 is 1.03 bits per heavy atom. The molecule has 1 amide bonds. The molecule has 11 nitrogen and oxygen atoms in total. The first-order valence-corrected chi connectivity index (χ1v) is 12.9. The standard InChI is InChI=1S/C26H35N3O8/c1-3-34-25(32)17-35-21-6-4-19(5-7-21)22(30)14-29-13-12-28(16-24(29)31)20-8-10-27(11-9-20)15-23-18(2)36-26(33)37-23/h4-7,18,20,23H,3,8-17H2,1-2H3. The van der Waals surface area contributed by atoms with Crippen LogP contribution in [0.15, 0.2) is 24.3 Å². The number of ketones is 1. The van der Waals surface area contributed by atoms with Crippen LogP contribution in [0.2, 0.25) is 0 Å². The molecule has 11 heteroatoms. The molecule has 202 valence electrons. The minimum atomic E-state index is -0.598. The van der Waals surface area contributed by atoms with Gasteiger partial charge >= 0.3 is 12.1 Å². The van der Waals surface area contributed by atoms with E-state index >= 15 is 0 Å². The van der Waals surface area contributed by atoms with E-state index < -0.39 is 12.1 Å². The third-order valence-electron chi connectivity index (χ3n) is 7.09. The van der Waals surface area contributed by atoms with Gasteiger partial charge in [-0.3, -0.25) is 19.4 Å². The van der Waals surface area contributed by atoms with Gasteiger partial charge in [0.05, 0.1) is 19.7 Å². The van der Waals surface area contributed by atoms with E-state index in [-0.39, 0.29) is 43.7 Å². The van der Waals surface area contributed by atoms with Crippen LogP contribution >= 0.6 is 0 Å². The Labute approximate surface area is 216 Å². The van der Waals surface area contributed by atoms with Gasteiger partial charge in [0.15, 0.2) is 18.5 Å². The summed E-state index contributed by atoms with van der Waals surface area (Å²) in [6.07, 6.45) is 0.805. The Bertz CT molecular complexity index is 977. The van der Waals surface area contributed by atoms with Crippen molar-refractivity contribution in [1.82, 2.24) is 14.7 Å². The number of benzene rings is 1.